The molecule has 0 spiro atoms. The Hall–Kier alpha value is -1.18. The van der Waals surface area contributed by atoms with E-state index in [1.54, 1.807) is 18.2 Å². The Bertz CT molecular complexity index is 428. The van der Waals surface area contributed by atoms with Crippen LogP contribution in [0.1, 0.15) is 96.5 Å². The molecule has 0 aromatic heterocycles. The minimum Gasteiger partial charge on any atom is -0.508 e. The molecule has 1 aromatic carbocycles. The van der Waals surface area contributed by atoms with Gasteiger partial charge in [-0.05, 0) is 36.1 Å². The zero-order valence-electron chi connectivity index (χ0n) is 15.9. The molecule has 2 nitrogen and oxygen atoms in total. The molecule has 0 aliphatic heterocycles. The van der Waals surface area contributed by atoms with Gasteiger partial charge in [0.2, 0.25) is 0 Å². The van der Waals surface area contributed by atoms with E-state index in [-0.39, 0.29) is 5.75 Å². The molecular formula is C22H38O2. The first-order valence-corrected chi connectivity index (χ1v) is 10.2. The van der Waals surface area contributed by atoms with Crippen LogP contribution in [0.2, 0.25) is 0 Å². The lowest BCUT2D eigenvalue weighted by Crippen LogP contribution is -2.05. The quantitative estimate of drug-likeness (QED) is 0.285. The number of hydrogen-bond donors (Lipinski definition) is 2. The van der Waals surface area contributed by atoms with Crippen LogP contribution in [0.5, 0.6) is 11.5 Å². The van der Waals surface area contributed by atoms with Gasteiger partial charge < -0.3 is 10.2 Å². The largest absolute Gasteiger partial charge is 0.508 e. The van der Waals surface area contributed by atoms with Crippen molar-refractivity contribution in [2.75, 3.05) is 0 Å². The second-order valence-corrected chi connectivity index (χ2v) is 7.29. The van der Waals surface area contributed by atoms with Crippen LogP contribution in [0, 0.1) is 5.92 Å². The van der Waals surface area contributed by atoms with Gasteiger partial charge in [0.15, 0.2) is 0 Å². The summed E-state index contributed by atoms with van der Waals surface area (Å²) >= 11 is 0. The van der Waals surface area contributed by atoms with E-state index < -0.39 is 0 Å². The predicted octanol–water partition coefficient (Wildman–Crippen LogP) is 6.98. The Balaban J connectivity index is 2.45. The summed E-state index contributed by atoms with van der Waals surface area (Å²) in [6.07, 6.45) is 16.6. The van der Waals surface area contributed by atoms with E-state index in [9.17, 15) is 10.2 Å². The molecule has 0 aliphatic carbocycles. The third-order valence-corrected chi connectivity index (χ3v) is 5.00. The maximum absolute atomic E-state index is 10.1. The SMILES string of the molecule is CCCCCCCCC(CCCCCC)Cc1cc(O)ccc1O. The van der Waals surface area contributed by atoms with Gasteiger partial charge in [0.25, 0.3) is 0 Å². The molecular weight excluding hydrogens is 296 g/mol. The van der Waals surface area contributed by atoms with Crippen LogP contribution in [0.3, 0.4) is 0 Å². The van der Waals surface area contributed by atoms with Gasteiger partial charge in [-0.2, -0.15) is 0 Å². The maximum atomic E-state index is 10.1. The topological polar surface area (TPSA) is 40.5 Å². The summed E-state index contributed by atoms with van der Waals surface area (Å²) in [5.41, 5.74) is 0.904. The molecule has 0 amide bonds. The first kappa shape index (κ1) is 20.9. The van der Waals surface area contributed by atoms with Gasteiger partial charge in [-0.15, -0.1) is 0 Å². The molecule has 0 fully saturated rings. The zero-order chi connectivity index (χ0) is 17.6. The van der Waals surface area contributed by atoms with Gasteiger partial charge in [-0.25, -0.2) is 0 Å². The standard InChI is InChI=1S/C22H38O2/c1-3-5-7-9-10-12-14-19(13-11-8-6-4-2)17-20-18-21(23)15-16-22(20)24/h15-16,18-19,23-24H,3-14,17H2,1-2H3. The number of unbranched alkanes of at least 4 members (excludes halogenated alkanes) is 8. The molecule has 1 atom stereocenters. The Labute approximate surface area is 149 Å². The smallest absolute Gasteiger partial charge is 0.119 e. The van der Waals surface area contributed by atoms with Crippen molar-refractivity contribution >= 4 is 0 Å². The van der Waals surface area contributed by atoms with Gasteiger partial charge in [0.05, 0.1) is 0 Å². The maximum Gasteiger partial charge on any atom is 0.119 e. The first-order valence-electron chi connectivity index (χ1n) is 10.2. The molecule has 0 radical (unpaired) electrons. The highest BCUT2D eigenvalue weighted by Crippen LogP contribution is 2.29. The van der Waals surface area contributed by atoms with Crippen molar-refractivity contribution in [2.24, 2.45) is 5.92 Å². The normalized spacial score (nSPS) is 12.4. The highest BCUT2D eigenvalue weighted by Gasteiger charge is 2.13. The van der Waals surface area contributed by atoms with Gasteiger partial charge in [-0.3, -0.25) is 0 Å². The molecule has 0 bridgehead atoms. The molecule has 0 saturated heterocycles. The molecule has 2 N–H and O–H groups in total. The molecule has 1 aromatic rings. The number of phenolic OH excluding ortho intramolecular Hbond substituents is 2. The van der Waals surface area contributed by atoms with Crippen molar-refractivity contribution in [1.82, 2.24) is 0 Å². The van der Waals surface area contributed by atoms with Gasteiger partial charge in [-0.1, -0.05) is 90.9 Å². The number of rotatable bonds is 14. The van der Waals surface area contributed by atoms with Crippen LogP contribution in [0.15, 0.2) is 18.2 Å². The highest BCUT2D eigenvalue weighted by molar-refractivity contribution is 5.38. The minimum atomic E-state index is 0.257. The first-order chi connectivity index (χ1) is 11.7. The van der Waals surface area contributed by atoms with Crippen LogP contribution in [0.25, 0.3) is 0 Å². The molecule has 24 heavy (non-hydrogen) atoms. The van der Waals surface area contributed by atoms with Crippen LogP contribution in [0.4, 0.5) is 0 Å². The lowest BCUT2D eigenvalue weighted by Gasteiger charge is -2.18. The molecule has 1 rings (SSSR count). The van der Waals surface area contributed by atoms with Crippen LogP contribution in [-0.4, -0.2) is 10.2 Å². The lowest BCUT2D eigenvalue weighted by atomic mass is 9.88. The van der Waals surface area contributed by atoms with E-state index >= 15 is 0 Å². The Morgan fingerprint density at radius 3 is 1.92 bits per heavy atom. The van der Waals surface area contributed by atoms with E-state index in [1.807, 2.05) is 0 Å². The average Bonchev–Trinajstić information content (AvgIpc) is 2.57. The summed E-state index contributed by atoms with van der Waals surface area (Å²) < 4.78 is 0. The van der Waals surface area contributed by atoms with Gasteiger partial charge in [0, 0.05) is 0 Å². The summed E-state index contributed by atoms with van der Waals surface area (Å²) in [5.74, 6) is 1.21. The van der Waals surface area contributed by atoms with Crippen molar-refractivity contribution in [3.8, 4) is 11.5 Å². The second kappa shape index (κ2) is 13.1. The van der Waals surface area contributed by atoms with Crippen molar-refractivity contribution in [3.05, 3.63) is 23.8 Å². The van der Waals surface area contributed by atoms with Gasteiger partial charge >= 0.3 is 0 Å². The fraction of sp³-hybridized carbons (Fsp3) is 0.727. The Morgan fingerprint density at radius 2 is 1.29 bits per heavy atom. The van der Waals surface area contributed by atoms with Crippen LogP contribution in [-0.2, 0) is 6.42 Å². The summed E-state index contributed by atoms with van der Waals surface area (Å²) in [7, 11) is 0. The van der Waals surface area contributed by atoms with E-state index in [2.05, 4.69) is 13.8 Å². The summed E-state index contributed by atoms with van der Waals surface area (Å²) in [6.45, 7) is 4.51. The van der Waals surface area contributed by atoms with E-state index in [4.69, 9.17) is 0 Å². The molecule has 0 aliphatic rings. The van der Waals surface area contributed by atoms with Crippen molar-refractivity contribution in [2.45, 2.75) is 97.3 Å². The number of benzene rings is 1. The van der Waals surface area contributed by atoms with E-state index in [0.29, 0.717) is 11.7 Å². The Morgan fingerprint density at radius 1 is 0.750 bits per heavy atom. The number of phenols is 2. The summed E-state index contributed by atoms with van der Waals surface area (Å²) in [5, 5.41) is 19.7. The minimum absolute atomic E-state index is 0.257. The third-order valence-electron chi connectivity index (χ3n) is 5.00. The molecule has 2 heteroatoms. The fourth-order valence-corrected chi connectivity index (χ4v) is 3.47. The molecule has 0 heterocycles. The van der Waals surface area contributed by atoms with Crippen molar-refractivity contribution in [1.29, 1.82) is 0 Å². The average molecular weight is 335 g/mol. The Kier molecular flexibility index (Phi) is 11.4. The lowest BCUT2D eigenvalue weighted by molar-refractivity contribution is 0.391. The highest BCUT2D eigenvalue weighted by atomic mass is 16.3. The molecule has 0 saturated carbocycles. The monoisotopic (exact) mass is 334 g/mol. The van der Waals surface area contributed by atoms with Crippen LogP contribution < -0.4 is 0 Å². The van der Waals surface area contributed by atoms with E-state index in [0.717, 1.165) is 12.0 Å². The van der Waals surface area contributed by atoms with Crippen molar-refractivity contribution in [3.63, 3.8) is 0 Å². The number of hydrogen-bond acceptors (Lipinski definition) is 2. The van der Waals surface area contributed by atoms with Gasteiger partial charge in [0.1, 0.15) is 11.5 Å². The summed E-state index contributed by atoms with van der Waals surface area (Å²) in [6, 6.07) is 4.90. The van der Waals surface area contributed by atoms with E-state index in [1.165, 1.54) is 77.0 Å². The summed E-state index contributed by atoms with van der Waals surface area (Å²) in [4.78, 5) is 0. The van der Waals surface area contributed by atoms with Crippen LogP contribution >= 0.6 is 0 Å². The second-order valence-electron chi connectivity index (χ2n) is 7.29. The zero-order valence-corrected chi connectivity index (χ0v) is 15.9. The molecule has 138 valence electrons. The predicted molar refractivity (Wildman–Crippen MR) is 104 cm³/mol. The molecule has 1 unspecified atom stereocenters. The third kappa shape index (κ3) is 9.20. The fourth-order valence-electron chi connectivity index (χ4n) is 3.47. The number of aromatic hydroxyl groups is 2. The van der Waals surface area contributed by atoms with Crippen molar-refractivity contribution < 1.29 is 10.2 Å².